The highest BCUT2D eigenvalue weighted by Gasteiger charge is 2.46. The second-order valence-corrected chi connectivity index (χ2v) is 2.63. The molecule has 1 aliphatic rings. The first-order valence-electron chi connectivity index (χ1n) is 2.96. The van der Waals surface area contributed by atoms with E-state index >= 15 is 0 Å². The van der Waals surface area contributed by atoms with Gasteiger partial charge in [-0.3, -0.25) is 0 Å². The molecular weight excluding hydrogens is 135 g/mol. The minimum absolute atomic E-state index is 1.23. The van der Waals surface area contributed by atoms with Crippen LogP contribution in [-0.2, 0) is 4.74 Å². The van der Waals surface area contributed by atoms with Gasteiger partial charge in [0.25, 0.3) is 0 Å². The summed E-state index contributed by atoms with van der Waals surface area (Å²) in [5, 5.41) is 26.7. The number of ether oxygens (including phenoxy) is 1. The summed E-state index contributed by atoms with van der Waals surface area (Å²) in [6.45, 7) is 1.39. The summed E-state index contributed by atoms with van der Waals surface area (Å²) in [6, 6.07) is 0. The Morgan fingerprint density at radius 1 is 1.40 bits per heavy atom. The lowest BCUT2D eigenvalue weighted by atomic mass is 9.78. The van der Waals surface area contributed by atoms with Gasteiger partial charge in [0.1, 0.15) is 20.1 Å². The largest absolute Gasteiger partial charge is 0.388 e. The van der Waals surface area contributed by atoms with E-state index in [1.807, 2.05) is 0 Å². The number of aliphatic hydroxyl groups is 3. The second-order valence-electron chi connectivity index (χ2n) is 2.63. The maximum absolute atomic E-state index is 9.04. The molecule has 0 saturated carbocycles. The van der Waals surface area contributed by atoms with Crippen molar-refractivity contribution >= 4 is 7.85 Å². The van der Waals surface area contributed by atoms with E-state index in [1.54, 1.807) is 0 Å². The Kier molecular flexibility index (Phi) is 1.76. The van der Waals surface area contributed by atoms with Crippen LogP contribution in [-0.4, -0.2) is 47.2 Å². The smallest absolute Gasteiger partial charge is 0.183 e. The summed E-state index contributed by atoms with van der Waals surface area (Å²) in [5.41, 5.74) is -1.35. The topological polar surface area (TPSA) is 69.9 Å². The van der Waals surface area contributed by atoms with Crippen LogP contribution in [0.1, 0.15) is 6.92 Å². The van der Waals surface area contributed by atoms with Crippen molar-refractivity contribution in [1.29, 1.82) is 0 Å². The molecule has 0 aromatic heterocycles. The van der Waals surface area contributed by atoms with Gasteiger partial charge in [-0.15, -0.1) is 0 Å². The fourth-order valence-corrected chi connectivity index (χ4v) is 0.895. The van der Waals surface area contributed by atoms with Gasteiger partial charge >= 0.3 is 0 Å². The Hall–Kier alpha value is -0.0951. The summed E-state index contributed by atoms with van der Waals surface area (Å²) in [4.78, 5) is 0. The van der Waals surface area contributed by atoms with Crippen LogP contribution in [0.3, 0.4) is 0 Å². The van der Waals surface area contributed by atoms with Gasteiger partial charge in [0.15, 0.2) is 6.29 Å². The van der Waals surface area contributed by atoms with Crippen molar-refractivity contribution in [2.75, 3.05) is 0 Å². The zero-order valence-electron chi connectivity index (χ0n) is 5.56. The minimum atomic E-state index is -1.38. The van der Waals surface area contributed by atoms with Crippen molar-refractivity contribution in [3.63, 3.8) is 0 Å². The predicted octanol–water partition coefficient (Wildman–Crippen LogP) is -2.06. The molecule has 0 amide bonds. The first kappa shape index (κ1) is 8.01. The second kappa shape index (κ2) is 2.20. The highest BCUT2D eigenvalue weighted by atomic mass is 16.6. The number of hydrogen-bond acceptors (Lipinski definition) is 4. The molecule has 0 spiro atoms. The molecule has 0 aliphatic carbocycles. The fourth-order valence-electron chi connectivity index (χ4n) is 0.895. The minimum Gasteiger partial charge on any atom is -0.388 e. The number of rotatable bonds is 0. The molecule has 1 fully saturated rings. The lowest BCUT2D eigenvalue weighted by molar-refractivity contribution is -0.133. The van der Waals surface area contributed by atoms with E-state index in [1.165, 1.54) is 6.92 Å². The lowest BCUT2D eigenvalue weighted by Crippen LogP contribution is -2.40. The molecule has 0 bridgehead atoms. The number of hydrogen-bond donors (Lipinski definition) is 3. The van der Waals surface area contributed by atoms with E-state index in [-0.39, 0.29) is 0 Å². The molecule has 1 heterocycles. The van der Waals surface area contributed by atoms with E-state index in [2.05, 4.69) is 4.74 Å². The van der Waals surface area contributed by atoms with Crippen molar-refractivity contribution in [2.45, 2.75) is 30.9 Å². The molecule has 56 valence electrons. The molecule has 2 radical (unpaired) electrons. The SMILES string of the molecule is [B][C@]1(C)OC(O)[C@@H](O)[C@H]1O. The normalized spacial score (nSPS) is 55.4. The van der Waals surface area contributed by atoms with Gasteiger partial charge in [-0.2, -0.15) is 0 Å². The quantitative estimate of drug-likeness (QED) is 0.342. The molecule has 1 aliphatic heterocycles. The van der Waals surface area contributed by atoms with E-state index in [9.17, 15) is 0 Å². The van der Waals surface area contributed by atoms with Crippen LogP contribution in [0.4, 0.5) is 0 Å². The molecule has 0 aromatic rings. The average molecular weight is 144 g/mol. The van der Waals surface area contributed by atoms with Gasteiger partial charge in [0, 0.05) is 0 Å². The third kappa shape index (κ3) is 1.05. The van der Waals surface area contributed by atoms with Crippen LogP contribution in [0.2, 0.25) is 0 Å². The summed E-state index contributed by atoms with van der Waals surface area (Å²) in [7, 11) is 5.31. The van der Waals surface area contributed by atoms with E-state index in [0.29, 0.717) is 0 Å². The van der Waals surface area contributed by atoms with Gasteiger partial charge < -0.3 is 20.1 Å². The van der Waals surface area contributed by atoms with Crippen LogP contribution < -0.4 is 0 Å². The molecule has 1 rings (SSSR count). The Bertz CT molecular complexity index is 138. The molecule has 10 heavy (non-hydrogen) atoms. The Balaban J connectivity index is 2.71. The fraction of sp³-hybridized carbons (Fsp3) is 1.00. The van der Waals surface area contributed by atoms with E-state index < -0.39 is 24.0 Å². The third-order valence-electron chi connectivity index (χ3n) is 1.58. The third-order valence-corrected chi connectivity index (χ3v) is 1.58. The number of aliphatic hydroxyl groups excluding tert-OH is 3. The summed E-state index contributed by atoms with van der Waals surface area (Å²) in [5.74, 6) is 0. The summed E-state index contributed by atoms with van der Waals surface area (Å²) in [6.07, 6.45) is -3.93. The Morgan fingerprint density at radius 2 is 1.90 bits per heavy atom. The van der Waals surface area contributed by atoms with Gasteiger partial charge in [-0.25, -0.2) is 0 Å². The molecule has 4 atom stereocenters. The first-order chi connectivity index (χ1) is 4.45. The van der Waals surface area contributed by atoms with Gasteiger partial charge in [0.2, 0.25) is 0 Å². The zero-order valence-corrected chi connectivity index (χ0v) is 5.56. The van der Waals surface area contributed by atoms with Gasteiger partial charge in [-0.1, -0.05) is 0 Å². The molecule has 0 aromatic carbocycles. The van der Waals surface area contributed by atoms with E-state index in [0.717, 1.165) is 0 Å². The zero-order chi connectivity index (χ0) is 7.94. The van der Waals surface area contributed by atoms with E-state index in [4.69, 9.17) is 23.2 Å². The molecule has 5 heteroatoms. The average Bonchev–Trinajstić information content (AvgIpc) is 1.95. The van der Waals surface area contributed by atoms with Gasteiger partial charge in [-0.05, 0) is 6.92 Å². The van der Waals surface area contributed by atoms with Crippen LogP contribution >= 0.6 is 0 Å². The molecular formula is C5H9BO4. The standard InChI is InChI=1S/C5H9BO4/c1-5(6)3(8)2(7)4(9)10-5/h2-4,7-9H,1H3/t2-,3+,4?,5+/m0/s1. The molecule has 3 N–H and O–H groups in total. The molecule has 4 nitrogen and oxygen atoms in total. The lowest BCUT2D eigenvalue weighted by Gasteiger charge is -2.21. The predicted molar refractivity (Wildman–Crippen MR) is 33.3 cm³/mol. The van der Waals surface area contributed by atoms with Crippen LogP contribution in [0.5, 0.6) is 0 Å². The maximum atomic E-state index is 9.04. The van der Waals surface area contributed by atoms with Crippen molar-refractivity contribution in [2.24, 2.45) is 0 Å². The molecule has 1 saturated heterocycles. The van der Waals surface area contributed by atoms with Crippen LogP contribution in [0.25, 0.3) is 0 Å². The van der Waals surface area contributed by atoms with Crippen LogP contribution in [0, 0.1) is 0 Å². The molecule has 1 unspecified atom stereocenters. The van der Waals surface area contributed by atoms with Crippen molar-refractivity contribution in [3.05, 3.63) is 0 Å². The highest BCUT2D eigenvalue weighted by Crippen LogP contribution is 2.26. The van der Waals surface area contributed by atoms with Crippen molar-refractivity contribution in [3.8, 4) is 0 Å². The Labute approximate surface area is 59.8 Å². The maximum Gasteiger partial charge on any atom is 0.183 e. The first-order valence-corrected chi connectivity index (χ1v) is 2.96. The van der Waals surface area contributed by atoms with Crippen molar-refractivity contribution < 1.29 is 20.1 Å². The monoisotopic (exact) mass is 144 g/mol. The van der Waals surface area contributed by atoms with Gasteiger partial charge in [0.05, 0.1) is 5.50 Å². The Morgan fingerprint density at radius 3 is 2.00 bits per heavy atom. The van der Waals surface area contributed by atoms with Crippen LogP contribution in [0.15, 0.2) is 0 Å². The summed E-state index contributed by atoms with van der Waals surface area (Å²) < 4.78 is 4.61. The van der Waals surface area contributed by atoms with Crippen molar-refractivity contribution in [1.82, 2.24) is 0 Å². The summed E-state index contributed by atoms with van der Waals surface area (Å²) >= 11 is 0. The highest BCUT2D eigenvalue weighted by molar-refractivity contribution is 6.15.